The summed E-state index contributed by atoms with van der Waals surface area (Å²) in [6.45, 7) is 21.2. The predicted octanol–water partition coefficient (Wildman–Crippen LogP) is 13.1. The lowest BCUT2D eigenvalue weighted by molar-refractivity contribution is -0.115. The molecule has 2 heteroatoms. The maximum Gasteiger partial charge on any atom is 0.185 e. The molecule has 0 saturated carbocycles. The molecule has 45 heavy (non-hydrogen) atoms. The van der Waals surface area contributed by atoms with E-state index < -0.39 is 0 Å². The summed E-state index contributed by atoms with van der Waals surface area (Å²) in [7, 11) is 0. The van der Waals surface area contributed by atoms with Crippen LogP contribution in [0.2, 0.25) is 0 Å². The molecular weight excluding hydrogens is 548 g/mol. The normalized spacial score (nSPS) is 16.1. The van der Waals surface area contributed by atoms with Crippen molar-refractivity contribution in [1.29, 1.82) is 0 Å². The Kier molecular flexibility index (Phi) is 20.0. The predicted molar refractivity (Wildman–Crippen MR) is 198 cm³/mol. The minimum absolute atomic E-state index is 0.00965. The summed E-state index contributed by atoms with van der Waals surface area (Å²) in [5, 5.41) is 0. The van der Waals surface area contributed by atoms with Gasteiger partial charge in [-0.2, -0.15) is 0 Å². The third-order valence-corrected chi connectivity index (χ3v) is 8.79. The van der Waals surface area contributed by atoms with E-state index in [0.29, 0.717) is 23.1 Å². The molecule has 2 nitrogen and oxygen atoms in total. The van der Waals surface area contributed by atoms with Gasteiger partial charge in [-0.25, -0.2) is 0 Å². The standard InChI is InChI=1S/C43H64O2/c1-32(2)17-11-18-33(3)19-12-20-34(4)21-13-22-35(5)23-14-24-36(6)25-15-26-37(7)27-16-28-38(8)29-30-41-31-42(44)39(9)40(10)43(41)45/h17,19,21,23,25,27,29,31H,11-16,18,20,22,24,26,28,30H2,1-10H3/b33-19+,34-21+,35-23+,36-25+,37-27+,38-29+. The van der Waals surface area contributed by atoms with E-state index in [9.17, 15) is 9.59 Å². The highest BCUT2D eigenvalue weighted by molar-refractivity contribution is 6.22. The van der Waals surface area contributed by atoms with Crippen LogP contribution in [0.15, 0.2) is 104 Å². The highest BCUT2D eigenvalue weighted by Crippen LogP contribution is 2.22. The van der Waals surface area contributed by atoms with Crippen molar-refractivity contribution in [2.24, 2.45) is 0 Å². The number of hydrogen-bond acceptors (Lipinski definition) is 2. The van der Waals surface area contributed by atoms with Gasteiger partial charge in [0.05, 0.1) is 0 Å². The summed E-state index contributed by atoms with van der Waals surface area (Å²) in [6.07, 6.45) is 31.9. The minimum Gasteiger partial charge on any atom is -0.290 e. The molecule has 0 spiro atoms. The largest absolute Gasteiger partial charge is 0.290 e. The molecule has 248 valence electrons. The fourth-order valence-corrected chi connectivity index (χ4v) is 5.30. The van der Waals surface area contributed by atoms with Crippen LogP contribution in [-0.2, 0) is 9.59 Å². The summed E-state index contributed by atoms with van der Waals surface area (Å²) in [5.74, 6) is -0.0253. The molecule has 0 aromatic carbocycles. The van der Waals surface area contributed by atoms with Crippen molar-refractivity contribution in [2.45, 2.75) is 153 Å². The van der Waals surface area contributed by atoms with Gasteiger partial charge in [0.2, 0.25) is 0 Å². The van der Waals surface area contributed by atoms with E-state index in [1.807, 2.05) is 0 Å². The van der Waals surface area contributed by atoms with Crippen LogP contribution in [0.5, 0.6) is 0 Å². The molecule has 0 bridgehead atoms. The van der Waals surface area contributed by atoms with E-state index in [-0.39, 0.29) is 11.6 Å². The van der Waals surface area contributed by atoms with Gasteiger partial charge in [0, 0.05) is 16.7 Å². The average Bonchev–Trinajstić information content (AvgIpc) is 2.97. The number of carbonyl (C=O) groups excluding carboxylic acids is 2. The minimum atomic E-state index is -0.0349. The van der Waals surface area contributed by atoms with Crippen LogP contribution in [0.3, 0.4) is 0 Å². The number of carbonyl (C=O) groups is 2. The Morgan fingerprint density at radius 1 is 0.467 bits per heavy atom. The first-order valence-corrected chi connectivity index (χ1v) is 17.3. The van der Waals surface area contributed by atoms with Crippen LogP contribution >= 0.6 is 0 Å². The highest BCUT2D eigenvalue weighted by Gasteiger charge is 2.21. The Hall–Kier alpha value is -3.00. The third kappa shape index (κ3) is 18.5. The van der Waals surface area contributed by atoms with Gasteiger partial charge in [-0.05, 0) is 159 Å². The zero-order chi connectivity index (χ0) is 33.8. The molecule has 0 fully saturated rings. The maximum atomic E-state index is 12.4. The topological polar surface area (TPSA) is 34.1 Å². The van der Waals surface area contributed by atoms with Crippen LogP contribution in [0, 0.1) is 0 Å². The molecule has 0 atom stereocenters. The second kappa shape index (κ2) is 22.5. The number of allylic oxidation sites excluding steroid dienone is 18. The Bertz CT molecular complexity index is 1270. The summed E-state index contributed by atoms with van der Waals surface area (Å²) in [6, 6.07) is 0. The van der Waals surface area contributed by atoms with E-state index in [2.05, 4.69) is 97.9 Å². The summed E-state index contributed by atoms with van der Waals surface area (Å²) < 4.78 is 0. The first kappa shape index (κ1) is 40.0. The molecule has 0 aliphatic heterocycles. The molecule has 0 radical (unpaired) electrons. The first-order chi connectivity index (χ1) is 21.3. The molecule has 0 saturated heterocycles. The number of ketones is 2. The van der Waals surface area contributed by atoms with Crippen LogP contribution in [0.4, 0.5) is 0 Å². The van der Waals surface area contributed by atoms with Crippen LogP contribution < -0.4 is 0 Å². The zero-order valence-corrected chi connectivity index (χ0v) is 30.6. The van der Waals surface area contributed by atoms with Crippen molar-refractivity contribution in [1.82, 2.24) is 0 Å². The summed E-state index contributed by atoms with van der Waals surface area (Å²) >= 11 is 0. The molecule has 1 aliphatic rings. The third-order valence-electron chi connectivity index (χ3n) is 8.79. The van der Waals surface area contributed by atoms with Gasteiger partial charge in [0.25, 0.3) is 0 Å². The van der Waals surface area contributed by atoms with Crippen molar-refractivity contribution in [3.8, 4) is 0 Å². The van der Waals surface area contributed by atoms with Gasteiger partial charge >= 0.3 is 0 Å². The van der Waals surface area contributed by atoms with E-state index >= 15 is 0 Å². The Balaban J connectivity index is 2.29. The lowest BCUT2D eigenvalue weighted by atomic mass is 9.89. The number of rotatable bonds is 20. The van der Waals surface area contributed by atoms with Crippen molar-refractivity contribution in [3.05, 3.63) is 104 Å². The van der Waals surface area contributed by atoms with E-state index in [0.717, 1.165) is 64.2 Å². The van der Waals surface area contributed by atoms with Crippen LogP contribution in [0.1, 0.15) is 153 Å². The lowest BCUT2D eigenvalue weighted by Crippen LogP contribution is -2.16. The average molecular weight is 613 g/mol. The van der Waals surface area contributed by atoms with Crippen molar-refractivity contribution >= 4 is 11.6 Å². The van der Waals surface area contributed by atoms with Gasteiger partial charge < -0.3 is 0 Å². The number of hydrogen-bond donors (Lipinski definition) is 0. The second-order valence-electron chi connectivity index (χ2n) is 13.6. The Labute approximate surface area is 277 Å². The molecular formula is C43H64O2. The smallest absolute Gasteiger partial charge is 0.185 e. The van der Waals surface area contributed by atoms with Gasteiger partial charge in [-0.3, -0.25) is 9.59 Å². The highest BCUT2D eigenvalue weighted by atomic mass is 16.1. The van der Waals surface area contributed by atoms with Gasteiger partial charge in [0.1, 0.15) is 0 Å². The fourth-order valence-electron chi connectivity index (χ4n) is 5.30. The maximum absolute atomic E-state index is 12.4. The van der Waals surface area contributed by atoms with Crippen LogP contribution in [-0.4, -0.2) is 11.6 Å². The summed E-state index contributed by atoms with van der Waals surface area (Å²) in [5.41, 5.74) is 11.9. The first-order valence-electron chi connectivity index (χ1n) is 17.3. The molecule has 0 aromatic heterocycles. The Morgan fingerprint density at radius 2 is 0.778 bits per heavy atom. The van der Waals surface area contributed by atoms with Gasteiger partial charge in [-0.15, -0.1) is 0 Å². The van der Waals surface area contributed by atoms with Gasteiger partial charge in [0.15, 0.2) is 11.6 Å². The van der Waals surface area contributed by atoms with Gasteiger partial charge in [-0.1, -0.05) is 81.5 Å². The molecule has 0 amide bonds. The second-order valence-corrected chi connectivity index (χ2v) is 13.6. The van der Waals surface area contributed by atoms with Crippen molar-refractivity contribution < 1.29 is 9.59 Å². The van der Waals surface area contributed by atoms with E-state index in [1.54, 1.807) is 13.8 Å². The number of Topliss-reactive ketones (excluding diaryl/α,β-unsaturated/α-hetero) is 1. The lowest BCUT2D eigenvalue weighted by Gasteiger charge is -2.13. The Morgan fingerprint density at radius 3 is 1.11 bits per heavy atom. The van der Waals surface area contributed by atoms with Crippen molar-refractivity contribution in [3.63, 3.8) is 0 Å². The molecule has 0 aromatic rings. The van der Waals surface area contributed by atoms with E-state index in [4.69, 9.17) is 0 Å². The van der Waals surface area contributed by atoms with E-state index in [1.165, 1.54) is 57.9 Å². The molecule has 0 N–H and O–H groups in total. The quantitative estimate of drug-likeness (QED) is 0.101. The van der Waals surface area contributed by atoms with Crippen molar-refractivity contribution in [2.75, 3.05) is 0 Å². The molecule has 0 unspecified atom stereocenters. The molecule has 0 heterocycles. The van der Waals surface area contributed by atoms with Crippen LogP contribution in [0.25, 0.3) is 0 Å². The molecule has 1 rings (SSSR count). The monoisotopic (exact) mass is 612 g/mol. The SMILES string of the molecule is CC(C)=CCC/C(C)=C/CC/C(C)=C/CC/C(C)=C/CC/C(C)=C/CC/C(C)=C/CC/C(C)=C/CC1=CC(=O)C(C)=C(C)C1=O. The molecule has 1 aliphatic carbocycles. The zero-order valence-electron chi connectivity index (χ0n) is 30.6. The summed E-state index contributed by atoms with van der Waals surface area (Å²) in [4.78, 5) is 24.5. The fraction of sp³-hybridized carbons (Fsp3) is 0.535.